The van der Waals surface area contributed by atoms with Crippen molar-refractivity contribution in [1.82, 2.24) is 14.8 Å². The van der Waals surface area contributed by atoms with Gasteiger partial charge < -0.3 is 5.32 Å². The molecule has 6 heteroatoms. The maximum atomic E-state index is 11.6. The molecule has 1 amide bonds. The van der Waals surface area contributed by atoms with Crippen LogP contribution >= 0.6 is 11.6 Å². The van der Waals surface area contributed by atoms with Gasteiger partial charge in [0.25, 0.3) is 0 Å². The van der Waals surface area contributed by atoms with Crippen molar-refractivity contribution in [3.8, 4) is 5.82 Å². The number of carbonyl (C=O) groups excluding carboxylic acids is 1. The number of hydrogen-bond donors (Lipinski definition) is 1. The van der Waals surface area contributed by atoms with E-state index in [0.29, 0.717) is 28.9 Å². The average molecular weight is 279 g/mol. The van der Waals surface area contributed by atoms with Crippen LogP contribution in [0.4, 0.5) is 5.69 Å². The van der Waals surface area contributed by atoms with Gasteiger partial charge >= 0.3 is 0 Å². The molecule has 0 bridgehead atoms. The van der Waals surface area contributed by atoms with Crippen molar-refractivity contribution in [2.24, 2.45) is 5.92 Å². The van der Waals surface area contributed by atoms with Gasteiger partial charge in [0, 0.05) is 6.42 Å². The molecule has 5 nitrogen and oxygen atoms in total. The van der Waals surface area contributed by atoms with E-state index in [2.05, 4.69) is 15.4 Å². The number of rotatable bonds is 4. The van der Waals surface area contributed by atoms with Gasteiger partial charge in [0.2, 0.25) is 5.91 Å². The number of anilines is 1. The Bertz CT molecular complexity index is 562. The molecule has 2 heterocycles. The quantitative estimate of drug-likeness (QED) is 0.935. The molecule has 0 aliphatic heterocycles. The first-order valence-electron chi connectivity index (χ1n) is 6.01. The second-order valence-electron chi connectivity index (χ2n) is 4.65. The summed E-state index contributed by atoms with van der Waals surface area (Å²) in [5, 5.41) is 7.40. The molecular formula is C13H15ClN4O. The van der Waals surface area contributed by atoms with E-state index >= 15 is 0 Å². The molecule has 0 saturated carbocycles. The molecule has 0 atom stereocenters. The molecule has 0 unspecified atom stereocenters. The minimum absolute atomic E-state index is 0.00770. The van der Waals surface area contributed by atoms with Gasteiger partial charge in [-0.2, -0.15) is 5.10 Å². The number of nitrogens with one attached hydrogen (secondary N) is 1. The van der Waals surface area contributed by atoms with Gasteiger partial charge in [-0.15, -0.1) is 0 Å². The number of hydrogen-bond acceptors (Lipinski definition) is 3. The first-order chi connectivity index (χ1) is 9.04. The van der Waals surface area contributed by atoms with Crippen molar-refractivity contribution in [1.29, 1.82) is 0 Å². The predicted octanol–water partition coefficient (Wildman–Crippen LogP) is 2.91. The number of carbonyl (C=O) groups is 1. The monoisotopic (exact) mass is 278 g/mol. The Morgan fingerprint density at radius 1 is 1.42 bits per heavy atom. The predicted molar refractivity (Wildman–Crippen MR) is 74.5 cm³/mol. The average Bonchev–Trinajstić information content (AvgIpc) is 2.75. The van der Waals surface area contributed by atoms with E-state index in [9.17, 15) is 4.79 Å². The van der Waals surface area contributed by atoms with Crippen LogP contribution in [-0.2, 0) is 4.79 Å². The highest BCUT2D eigenvalue weighted by Gasteiger charge is 2.06. The molecule has 0 aliphatic rings. The summed E-state index contributed by atoms with van der Waals surface area (Å²) in [5.41, 5.74) is 0.674. The first-order valence-corrected chi connectivity index (χ1v) is 6.39. The molecule has 0 radical (unpaired) electrons. The molecule has 0 aliphatic carbocycles. The van der Waals surface area contributed by atoms with Gasteiger partial charge in [-0.1, -0.05) is 25.4 Å². The van der Waals surface area contributed by atoms with Crippen molar-refractivity contribution < 1.29 is 4.79 Å². The van der Waals surface area contributed by atoms with E-state index in [1.165, 1.54) is 0 Å². The van der Waals surface area contributed by atoms with Crippen molar-refractivity contribution in [2.75, 3.05) is 5.32 Å². The highest BCUT2D eigenvalue weighted by atomic mass is 35.5. The number of halogens is 1. The number of nitrogens with zero attached hydrogens (tertiary/aromatic N) is 3. The first kappa shape index (κ1) is 13.5. The standard InChI is InChI=1S/C13H15ClN4O/c1-9(2)5-13(19)17-11-3-4-12(15-7-11)18-8-10(14)6-16-18/h3-4,6-9H,5H2,1-2H3,(H,17,19). The van der Waals surface area contributed by atoms with Crippen LogP contribution in [0.3, 0.4) is 0 Å². The smallest absolute Gasteiger partial charge is 0.224 e. The summed E-state index contributed by atoms with van der Waals surface area (Å²) in [7, 11) is 0. The molecule has 0 saturated heterocycles. The zero-order valence-electron chi connectivity index (χ0n) is 10.8. The second kappa shape index (κ2) is 5.84. The molecule has 0 fully saturated rings. The van der Waals surface area contributed by atoms with Crippen molar-refractivity contribution in [3.63, 3.8) is 0 Å². The lowest BCUT2D eigenvalue weighted by Gasteiger charge is -2.07. The molecule has 19 heavy (non-hydrogen) atoms. The zero-order chi connectivity index (χ0) is 13.8. The third-order valence-electron chi connectivity index (χ3n) is 2.41. The van der Waals surface area contributed by atoms with Gasteiger partial charge in [0.1, 0.15) is 0 Å². The summed E-state index contributed by atoms with van der Waals surface area (Å²) in [6.07, 6.45) is 5.31. The lowest BCUT2D eigenvalue weighted by atomic mass is 10.1. The largest absolute Gasteiger partial charge is 0.325 e. The summed E-state index contributed by atoms with van der Waals surface area (Å²) in [5.74, 6) is 0.971. The Kier molecular flexibility index (Phi) is 4.16. The number of pyridine rings is 1. The maximum absolute atomic E-state index is 11.6. The van der Waals surface area contributed by atoms with E-state index < -0.39 is 0 Å². The lowest BCUT2D eigenvalue weighted by Crippen LogP contribution is -2.14. The minimum atomic E-state index is -0.00770. The van der Waals surface area contributed by atoms with Crippen LogP contribution in [0.2, 0.25) is 5.02 Å². The van der Waals surface area contributed by atoms with Crippen LogP contribution < -0.4 is 5.32 Å². The van der Waals surface area contributed by atoms with Gasteiger partial charge in [-0.25, -0.2) is 9.67 Å². The Morgan fingerprint density at radius 3 is 2.74 bits per heavy atom. The molecule has 2 aromatic heterocycles. The minimum Gasteiger partial charge on any atom is -0.325 e. The summed E-state index contributed by atoms with van der Waals surface area (Å²) in [4.78, 5) is 15.8. The molecule has 2 aromatic rings. The van der Waals surface area contributed by atoms with Crippen LogP contribution in [0, 0.1) is 5.92 Å². The van der Waals surface area contributed by atoms with Crippen LogP contribution in [0.25, 0.3) is 5.82 Å². The lowest BCUT2D eigenvalue weighted by molar-refractivity contribution is -0.116. The third kappa shape index (κ3) is 3.79. The highest BCUT2D eigenvalue weighted by molar-refractivity contribution is 6.30. The normalized spacial score (nSPS) is 10.7. The fourth-order valence-electron chi connectivity index (χ4n) is 1.60. The molecule has 1 N–H and O–H groups in total. The van der Waals surface area contributed by atoms with E-state index in [1.807, 2.05) is 13.8 Å². The van der Waals surface area contributed by atoms with E-state index in [1.54, 1.807) is 35.4 Å². The van der Waals surface area contributed by atoms with Crippen LogP contribution in [0.15, 0.2) is 30.7 Å². The Morgan fingerprint density at radius 2 is 2.21 bits per heavy atom. The number of aromatic nitrogens is 3. The summed E-state index contributed by atoms with van der Waals surface area (Å²) >= 11 is 5.79. The fraction of sp³-hybridized carbons (Fsp3) is 0.308. The zero-order valence-corrected chi connectivity index (χ0v) is 11.6. The topological polar surface area (TPSA) is 59.8 Å². The molecule has 2 rings (SSSR count). The fourth-order valence-corrected chi connectivity index (χ4v) is 1.74. The Labute approximate surface area is 116 Å². The van der Waals surface area contributed by atoms with Gasteiger partial charge in [0.05, 0.1) is 29.3 Å². The molecule has 100 valence electrons. The SMILES string of the molecule is CC(C)CC(=O)Nc1ccc(-n2cc(Cl)cn2)nc1. The Hall–Kier alpha value is -1.88. The molecular weight excluding hydrogens is 264 g/mol. The van der Waals surface area contributed by atoms with E-state index in [-0.39, 0.29) is 5.91 Å². The van der Waals surface area contributed by atoms with Crippen LogP contribution in [-0.4, -0.2) is 20.7 Å². The van der Waals surface area contributed by atoms with E-state index in [0.717, 1.165) is 0 Å². The molecule has 0 aromatic carbocycles. The number of amides is 1. The highest BCUT2D eigenvalue weighted by Crippen LogP contribution is 2.13. The third-order valence-corrected chi connectivity index (χ3v) is 2.61. The summed E-state index contributed by atoms with van der Waals surface area (Å²) < 4.78 is 1.57. The molecule has 0 spiro atoms. The summed E-state index contributed by atoms with van der Waals surface area (Å²) in [6, 6.07) is 3.56. The van der Waals surface area contributed by atoms with Crippen LogP contribution in [0.1, 0.15) is 20.3 Å². The van der Waals surface area contributed by atoms with Gasteiger partial charge in [0.15, 0.2) is 5.82 Å². The van der Waals surface area contributed by atoms with Gasteiger partial charge in [-0.05, 0) is 18.1 Å². The Balaban J connectivity index is 2.04. The second-order valence-corrected chi connectivity index (χ2v) is 5.09. The van der Waals surface area contributed by atoms with Crippen molar-refractivity contribution in [3.05, 3.63) is 35.7 Å². The van der Waals surface area contributed by atoms with Crippen molar-refractivity contribution in [2.45, 2.75) is 20.3 Å². The van der Waals surface area contributed by atoms with E-state index in [4.69, 9.17) is 11.6 Å². The maximum Gasteiger partial charge on any atom is 0.224 e. The van der Waals surface area contributed by atoms with Crippen LogP contribution in [0.5, 0.6) is 0 Å². The summed E-state index contributed by atoms with van der Waals surface area (Å²) in [6.45, 7) is 4.00. The van der Waals surface area contributed by atoms with Gasteiger partial charge in [-0.3, -0.25) is 4.79 Å². The van der Waals surface area contributed by atoms with Crippen molar-refractivity contribution >= 4 is 23.2 Å².